The molecule has 0 aromatic heterocycles. The van der Waals surface area contributed by atoms with Gasteiger partial charge in [-0.2, -0.15) is 0 Å². The second-order valence-electron chi connectivity index (χ2n) is 6.46. The van der Waals surface area contributed by atoms with Crippen molar-refractivity contribution in [3.63, 3.8) is 0 Å². The lowest BCUT2D eigenvalue weighted by Crippen LogP contribution is -2.25. The number of hydrogen-bond acceptors (Lipinski definition) is 1. The van der Waals surface area contributed by atoms with Gasteiger partial charge in [0.1, 0.15) is 0 Å². The maximum Gasteiger partial charge on any atom is 0.183 e. The first-order valence-electron chi connectivity index (χ1n) is 8.35. The van der Waals surface area contributed by atoms with Gasteiger partial charge >= 0.3 is 0 Å². The summed E-state index contributed by atoms with van der Waals surface area (Å²) in [6, 6.07) is 0. The van der Waals surface area contributed by atoms with Crippen LogP contribution in [0.15, 0.2) is 12.2 Å². The fraction of sp³-hybridized carbons (Fsp3) is 0.882. The van der Waals surface area contributed by atoms with E-state index in [4.69, 9.17) is 4.43 Å². The van der Waals surface area contributed by atoms with Crippen LogP contribution in [0.2, 0.25) is 19.6 Å². The highest BCUT2D eigenvalue weighted by molar-refractivity contribution is 6.69. The number of rotatable bonds is 13. The van der Waals surface area contributed by atoms with E-state index in [0.29, 0.717) is 0 Å². The second kappa shape index (κ2) is 12.9. The van der Waals surface area contributed by atoms with E-state index in [1.807, 2.05) is 0 Å². The summed E-state index contributed by atoms with van der Waals surface area (Å²) in [6.07, 6.45) is 18.1. The van der Waals surface area contributed by atoms with Crippen molar-refractivity contribution in [2.24, 2.45) is 0 Å². The molecule has 0 aliphatic heterocycles. The molecule has 0 heterocycles. The van der Waals surface area contributed by atoms with Crippen LogP contribution in [-0.4, -0.2) is 14.9 Å². The van der Waals surface area contributed by atoms with Gasteiger partial charge in [0.25, 0.3) is 0 Å². The van der Waals surface area contributed by atoms with Crippen LogP contribution in [0.3, 0.4) is 0 Å². The summed E-state index contributed by atoms with van der Waals surface area (Å²) in [7, 11) is -1.26. The van der Waals surface area contributed by atoms with Gasteiger partial charge in [0.2, 0.25) is 0 Å². The van der Waals surface area contributed by atoms with Crippen molar-refractivity contribution in [3.8, 4) is 0 Å². The van der Waals surface area contributed by atoms with E-state index in [9.17, 15) is 0 Å². The summed E-state index contributed by atoms with van der Waals surface area (Å²) in [5.41, 5.74) is 0. The molecule has 0 saturated carbocycles. The van der Waals surface area contributed by atoms with Gasteiger partial charge in [-0.25, -0.2) is 0 Å². The molecule has 0 fully saturated rings. The Morgan fingerprint density at radius 3 is 1.79 bits per heavy atom. The first kappa shape index (κ1) is 18.9. The molecule has 0 saturated heterocycles. The van der Waals surface area contributed by atoms with E-state index >= 15 is 0 Å². The molecule has 0 rings (SSSR count). The standard InChI is InChI=1S/C17H36OSi/c1-5-6-7-8-9-10-11-12-13-14-15-16-17-18-19(2,3)4/h6-7H,5,8-17H2,1-4H3/b7-6+. The molecule has 0 spiro atoms. The highest BCUT2D eigenvalue weighted by Crippen LogP contribution is 2.11. The maximum absolute atomic E-state index is 5.85. The van der Waals surface area contributed by atoms with Crippen molar-refractivity contribution in [1.29, 1.82) is 0 Å². The van der Waals surface area contributed by atoms with Crippen LogP contribution in [0.4, 0.5) is 0 Å². The van der Waals surface area contributed by atoms with E-state index in [-0.39, 0.29) is 0 Å². The van der Waals surface area contributed by atoms with Crippen LogP contribution < -0.4 is 0 Å². The lowest BCUT2D eigenvalue weighted by Gasteiger charge is -2.16. The molecule has 0 aliphatic carbocycles. The molecule has 0 aromatic carbocycles. The Hall–Kier alpha value is -0.0831. The van der Waals surface area contributed by atoms with Crippen LogP contribution in [0, 0.1) is 0 Å². The van der Waals surface area contributed by atoms with Crippen LogP contribution in [0.1, 0.15) is 71.1 Å². The minimum atomic E-state index is -1.26. The smallest absolute Gasteiger partial charge is 0.183 e. The van der Waals surface area contributed by atoms with E-state index in [1.165, 1.54) is 64.2 Å². The summed E-state index contributed by atoms with van der Waals surface area (Å²) in [5, 5.41) is 0. The van der Waals surface area contributed by atoms with Crippen molar-refractivity contribution in [3.05, 3.63) is 12.2 Å². The first-order valence-corrected chi connectivity index (χ1v) is 11.8. The molecule has 0 bridgehead atoms. The van der Waals surface area contributed by atoms with Crippen LogP contribution in [0.5, 0.6) is 0 Å². The van der Waals surface area contributed by atoms with Gasteiger partial charge in [-0.05, 0) is 45.3 Å². The Kier molecular flexibility index (Phi) is 12.9. The van der Waals surface area contributed by atoms with Crippen molar-refractivity contribution in [1.82, 2.24) is 0 Å². The topological polar surface area (TPSA) is 9.23 Å². The van der Waals surface area contributed by atoms with Crippen LogP contribution in [-0.2, 0) is 4.43 Å². The fourth-order valence-corrected chi connectivity index (χ4v) is 2.84. The lowest BCUT2D eigenvalue weighted by molar-refractivity contribution is 0.298. The van der Waals surface area contributed by atoms with Crippen molar-refractivity contribution >= 4 is 8.32 Å². The predicted octanol–water partition coefficient (Wildman–Crippen LogP) is 6.32. The molecule has 0 amide bonds. The third kappa shape index (κ3) is 17.9. The second-order valence-corrected chi connectivity index (χ2v) is 11.0. The number of hydrogen-bond donors (Lipinski definition) is 0. The minimum Gasteiger partial charge on any atom is -0.418 e. The molecule has 0 atom stereocenters. The lowest BCUT2D eigenvalue weighted by atomic mass is 10.1. The average molecular weight is 285 g/mol. The summed E-state index contributed by atoms with van der Waals surface area (Å²) < 4.78 is 5.85. The third-order valence-electron chi connectivity index (χ3n) is 3.20. The van der Waals surface area contributed by atoms with Crippen molar-refractivity contribution in [2.45, 2.75) is 90.8 Å². The van der Waals surface area contributed by atoms with Crippen molar-refractivity contribution in [2.75, 3.05) is 6.61 Å². The Balaban J connectivity index is 3.05. The van der Waals surface area contributed by atoms with Gasteiger partial charge in [-0.3, -0.25) is 0 Å². The van der Waals surface area contributed by atoms with Crippen molar-refractivity contribution < 1.29 is 4.43 Å². The summed E-state index contributed by atoms with van der Waals surface area (Å²) >= 11 is 0. The largest absolute Gasteiger partial charge is 0.418 e. The zero-order valence-corrected chi connectivity index (χ0v) is 14.8. The van der Waals surface area contributed by atoms with E-state index < -0.39 is 8.32 Å². The summed E-state index contributed by atoms with van der Waals surface area (Å²) in [4.78, 5) is 0. The van der Waals surface area contributed by atoms with Crippen LogP contribution >= 0.6 is 0 Å². The predicted molar refractivity (Wildman–Crippen MR) is 90.3 cm³/mol. The molecule has 114 valence electrons. The molecule has 0 unspecified atom stereocenters. The van der Waals surface area contributed by atoms with Gasteiger partial charge in [-0.15, -0.1) is 0 Å². The Bertz CT molecular complexity index is 206. The normalized spacial score (nSPS) is 12.4. The molecule has 1 nitrogen and oxygen atoms in total. The first-order chi connectivity index (χ1) is 9.06. The minimum absolute atomic E-state index is 0.986. The monoisotopic (exact) mass is 284 g/mol. The molecule has 2 heteroatoms. The third-order valence-corrected chi connectivity index (χ3v) is 4.27. The zero-order valence-electron chi connectivity index (χ0n) is 13.8. The van der Waals surface area contributed by atoms with E-state index in [2.05, 4.69) is 38.7 Å². The molecule has 0 N–H and O–H groups in total. The van der Waals surface area contributed by atoms with Gasteiger partial charge in [0, 0.05) is 6.61 Å². The highest BCUT2D eigenvalue weighted by Gasteiger charge is 2.12. The zero-order chi connectivity index (χ0) is 14.4. The average Bonchev–Trinajstić information content (AvgIpc) is 2.34. The number of allylic oxidation sites excluding steroid dienone is 2. The highest BCUT2D eigenvalue weighted by atomic mass is 28.4. The quantitative estimate of drug-likeness (QED) is 0.218. The van der Waals surface area contributed by atoms with Gasteiger partial charge in [-0.1, -0.05) is 57.6 Å². The molecular formula is C17H36OSi. The molecule has 19 heavy (non-hydrogen) atoms. The Morgan fingerprint density at radius 1 is 0.737 bits per heavy atom. The van der Waals surface area contributed by atoms with Crippen LogP contribution in [0.25, 0.3) is 0 Å². The molecule has 0 aliphatic rings. The maximum atomic E-state index is 5.85. The summed E-state index contributed by atoms with van der Waals surface area (Å²) in [6.45, 7) is 9.98. The molecule has 0 radical (unpaired) electrons. The van der Waals surface area contributed by atoms with E-state index in [1.54, 1.807) is 0 Å². The van der Waals surface area contributed by atoms with Gasteiger partial charge in [0.15, 0.2) is 8.32 Å². The molecule has 0 aromatic rings. The Labute approximate surface area is 123 Å². The SMILES string of the molecule is CC/C=C/CCCCCCCCCCO[Si](C)(C)C. The Morgan fingerprint density at radius 2 is 1.26 bits per heavy atom. The van der Waals surface area contributed by atoms with E-state index in [0.717, 1.165) is 6.61 Å². The molecular weight excluding hydrogens is 248 g/mol. The fourth-order valence-electron chi connectivity index (χ4n) is 2.09. The van der Waals surface area contributed by atoms with Gasteiger partial charge in [0.05, 0.1) is 0 Å². The van der Waals surface area contributed by atoms with Gasteiger partial charge < -0.3 is 4.43 Å². The summed E-state index contributed by atoms with van der Waals surface area (Å²) in [5.74, 6) is 0. The number of unbranched alkanes of at least 4 members (excludes halogenated alkanes) is 8.